The van der Waals surface area contributed by atoms with E-state index in [1.165, 1.54) is 25.4 Å². The second-order valence-electron chi connectivity index (χ2n) is 5.49. The lowest BCUT2D eigenvalue weighted by atomic mass is 10.2. The van der Waals surface area contributed by atoms with Crippen molar-refractivity contribution >= 4 is 17.3 Å². The number of carbonyl (C=O) groups excluding carboxylic acids is 1. The molecule has 0 atom stereocenters. The molecule has 0 unspecified atom stereocenters. The minimum absolute atomic E-state index is 0.126. The Morgan fingerprint density at radius 1 is 1.23 bits per heavy atom. The molecule has 3 aromatic rings. The van der Waals surface area contributed by atoms with Gasteiger partial charge in [-0.15, -0.1) is 0 Å². The highest BCUT2D eigenvalue weighted by atomic mass is 16.6. The van der Waals surface area contributed by atoms with Crippen LogP contribution in [0.4, 0.5) is 11.4 Å². The number of aromatic nitrogens is 2. The third-order valence-corrected chi connectivity index (χ3v) is 3.89. The number of ether oxygens (including phenoxy) is 1. The summed E-state index contributed by atoms with van der Waals surface area (Å²) in [6, 6.07) is 13.7. The van der Waals surface area contributed by atoms with E-state index >= 15 is 0 Å². The van der Waals surface area contributed by atoms with E-state index in [9.17, 15) is 14.9 Å². The van der Waals surface area contributed by atoms with Crippen molar-refractivity contribution in [2.45, 2.75) is 6.92 Å². The molecule has 0 fully saturated rings. The van der Waals surface area contributed by atoms with Gasteiger partial charge in [0.25, 0.3) is 5.91 Å². The van der Waals surface area contributed by atoms with E-state index in [-0.39, 0.29) is 11.4 Å². The van der Waals surface area contributed by atoms with Crippen molar-refractivity contribution in [3.8, 4) is 11.4 Å². The lowest BCUT2D eigenvalue weighted by molar-refractivity contribution is -0.385. The maximum absolute atomic E-state index is 12.5. The van der Waals surface area contributed by atoms with Gasteiger partial charge >= 0.3 is 5.69 Å². The molecule has 0 spiro atoms. The summed E-state index contributed by atoms with van der Waals surface area (Å²) in [5, 5.41) is 18.0. The molecule has 0 saturated carbocycles. The van der Waals surface area contributed by atoms with Gasteiger partial charge in [0.2, 0.25) is 0 Å². The van der Waals surface area contributed by atoms with Crippen LogP contribution in [0.25, 0.3) is 5.69 Å². The quantitative estimate of drug-likeness (QED) is 0.561. The number of anilines is 1. The van der Waals surface area contributed by atoms with Crippen LogP contribution in [-0.2, 0) is 0 Å². The maximum atomic E-state index is 12.5. The first-order chi connectivity index (χ1) is 12.5. The number of benzene rings is 2. The molecule has 8 heteroatoms. The fourth-order valence-electron chi connectivity index (χ4n) is 2.57. The van der Waals surface area contributed by atoms with Gasteiger partial charge in [-0.2, -0.15) is 5.10 Å². The van der Waals surface area contributed by atoms with Gasteiger partial charge in [0.05, 0.1) is 35.2 Å². The van der Waals surface area contributed by atoms with E-state index in [4.69, 9.17) is 4.74 Å². The number of amides is 1. The number of para-hydroxylation sites is 1. The highest BCUT2D eigenvalue weighted by molar-refractivity contribution is 6.05. The average Bonchev–Trinajstić information content (AvgIpc) is 3.04. The molecule has 8 nitrogen and oxygen atoms in total. The van der Waals surface area contributed by atoms with E-state index < -0.39 is 10.8 Å². The summed E-state index contributed by atoms with van der Waals surface area (Å²) in [5.41, 5.74) is 1.96. The molecule has 2 aromatic carbocycles. The topological polar surface area (TPSA) is 99.3 Å². The number of methoxy groups -OCH3 is 1. The van der Waals surface area contributed by atoms with Crippen LogP contribution in [0.2, 0.25) is 0 Å². The van der Waals surface area contributed by atoms with Crippen LogP contribution >= 0.6 is 0 Å². The number of nitrogens with one attached hydrogen (secondary N) is 1. The van der Waals surface area contributed by atoms with Crippen molar-refractivity contribution in [3.63, 3.8) is 0 Å². The van der Waals surface area contributed by atoms with Gasteiger partial charge in [0.1, 0.15) is 0 Å². The fraction of sp³-hybridized carbons (Fsp3) is 0.111. The largest absolute Gasteiger partial charge is 0.490 e. The van der Waals surface area contributed by atoms with Crippen LogP contribution in [0.5, 0.6) is 5.75 Å². The molecule has 132 valence electrons. The van der Waals surface area contributed by atoms with Crippen LogP contribution in [0, 0.1) is 17.0 Å². The van der Waals surface area contributed by atoms with Crippen molar-refractivity contribution in [1.82, 2.24) is 9.78 Å². The van der Waals surface area contributed by atoms with Crippen molar-refractivity contribution in [1.29, 1.82) is 0 Å². The van der Waals surface area contributed by atoms with Crippen molar-refractivity contribution < 1.29 is 14.5 Å². The Morgan fingerprint density at radius 3 is 2.62 bits per heavy atom. The zero-order valence-corrected chi connectivity index (χ0v) is 14.2. The Labute approximate surface area is 149 Å². The number of nitro groups is 1. The molecular formula is C18H16N4O4. The average molecular weight is 352 g/mol. The molecule has 0 bridgehead atoms. The second-order valence-corrected chi connectivity index (χ2v) is 5.49. The lowest BCUT2D eigenvalue weighted by Crippen LogP contribution is -2.13. The number of carbonyl (C=O) groups is 1. The van der Waals surface area contributed by atoms with Gasteiger partial charge < -0.3 is 10.1 Å². The van der Waals surface area contributed by atoms with Crippen LogP contribution in [-0.4, -0.2) is 27.7 Å². The van der Waals surface area contributed by atoms with E-state index in [1.807, 2.05) is 30.3 Å². The van der Waals surface area contributed by atoms with Gasteiger partial charge in [-0.25, -0.2) is 4.68 Å². The second kappa shape index (κ2) is 7.06. The standard InChI is InChI=1S/C18H16N4O4/c1-12-15(11-19-21(12)14-6-4-3-5-7-14)18(23)20-13-8-9-17(26-2)16(10-13)22(24)25/h3-11H,1-2H3,(H,20,23). The van der Waals surface area contributed by atoms with E-state index in [0.29, 0.717) is 16.9 Å². The Kier molecular flexibility index (Phi) is 4.66. The van der Waals surface area contributed by atoms with Crippen LogP contribution in [0.3, 0.4) is 0 Å². The first kappa shape index (κ1) is 17.2. The van der Waals surface area contributed by atoms with E-state index in [0.717, 1.165) is 5.69 Å². The highest BCUT2D eigenvalue weighted by Crippen LogP contribution is 2.30. The van der Waals surface area contributed by atoms with Gasteiger partial charge in [-0.1, -0.05) is 18.2 Å². The summed E-state index contributed by atoms with van der Waals surface area (Å²) in [6.45, 7) is 1.78. The minimum Gasteiger partial charge on any atom is -0.490 e. The normalized spacial score (nSPS) is 10.4. The summed E-state index contributed by atoms with van der Waals surface area (Å²) in [7, 11) is 1.35. The predicted molar refractivity (Wildman–Crippen MR) is 95.9 cm³/mol. The van der Waals surface area contributed by atoms with Gasteiger partial charge in [0.15, 0.2) is 5.75 Å². The number of rotatable bonds is 5. The number of nitrogens with zero attached hydrogens (tertiary/aromatic N) is 3. The lowest BCUT2D eigenvalue weighted by Gasteiger charge is -2.08. The summed E-state index contributed by atoms with van der Waals surface area (Å²) in [5.74, 6) is -0.273. The molecular weight excluding hydrogens is 336 g/mol. The third kappa shape index (κ3) is 3.25. The molecule has 3 rings (SSSR count). The summed E-state index contributed by atoms with van der Waals surface area (Å²) >= 11 is 0. The number of hydrogen-bond donors (Lipinski definition) is 1. The molecule has 1 N–H and O–H groups in total. The van der Waals surface area contributed by atoms with E-state index in [2.05, 4.69) is 10.4 Å². The molecule has 1 aromatic heterocycles. The maximum Gasteiger partial charge on any atom is 0.312 e. The molecule has 1 heterocycles. The Hall–Kier alpha value is -3.68. The monoisotopic (exact) mass is 352 g/mol. The van der Waals surface area contributed by atoms with Crippen LogP contribution in [0.1, 0.15) is 16.1 Å². The SMILES string of the molecule is COc1ccc(NC(=O)c2cnn(-c3ccccc3)c2C)cc1[N+](=O)[O-]. The fourth-order valence-corrected chi connectivity index (χ4v) is 2.57. The Bertz CT molecular complexity index is 967. The third-order valence-electron chi connectivity index (χ3n) is 3.89. The van der Waals surface area contributed by atoms with Gasteiger partial charge in [-0.05, 0) is 31.2 Å². The molecule has 0 aliphatic heterocycles. The highest BCUT2D eigenvalue weighted by Gasteiger charge is 2.19. The smallest absolute Gasteiger partial charge is 0.312 e. The summed E-state index contributed by atoms with van der Waals surface area (Å²) in [4.78, 5) is 23.1. The Balaban J connectivity index is 1.87. The molecule has 0 radical (unpaired) electrons. The van der Waals surface area contributed by atoms with Crippen molar-refractivity contribution in [2.24, 2.45) is 0 Å². The Morgan fingerprint density at radius 2 is 1.96 bits per heavy atom. The molecule has 0 saturated heterocycles. The molecule has 0 aliphatic rings. The van der Waals surface area contributed by atoms with E-state index in [1.54, 1.807) is 17.7 Å². The van der Waals surface area contributed by atoms with Crippen molar-refractivity contribution in [2.75, 3.05) is 12.4 Å². The number of nitro benzene ring substituents is 1. The first-order valence-corrected chi connectivity index (χ1v) is 7.75. The zero-order chi connectivity index (χ0) is 18.7. The van der Waals surface area contributed by atoms with Gasteiger partial charge in [-0.3, -0.25) is 14.9 Å². The summed E-state index contributed by atoms with van der Waals surface area (Å²) < 4.78 is 6.61. The minimum atomic E-state index is -0.562. The van der Waals surface area contributed by atoms with Crippen LogP contribution < -0.4 is 10.1 Å². The number of hydrogen-bond acceptors (Lipinski definition) is 5. The van der Waals surface area contributed by atoms with Crippen LogP contribution in [0.15, 0.2) is 54.7 Å². The van der Waals surface area contributed by atoms with Crippen molar-refractivity contribution in [3.05, 3.63) is 76.1 Å². The zero-order valence-electron chi connectivity index (χ0n) is 14.2. The summed E-state index contributed by atoms with van der Waals surface area (Å²) in [6.07, 6.45) is 1.47. The molecule has 26 heavy (non-hydrogen) atoms. The van der Waals surface area contributed by atoms with Gasteiger partial charge in [0, 0.05) is 11.8 Å². The first-order valence-electron chi connectivity index (χ1n) is 7.75. The predicted octanol–water partition coefficient (Wildman–Crippen LogP) is 3.35. The molecule has 0 aliphatic carbocycles. The molecule has 1 amide bonds.